The summed E-state index contributed by atoms with van der Waals surface area (Å²) in [5.41, 5.74) is 3.85. The van der Waals surface area contributed by atoms with E-state index in [9.17, 15) is 9.59 Å². The van der Waals surface area contributed by atoms with Crippen LogP contribution < -0.4 is 25.2 Å². The highest BCUT2D eigenvalue weighted by molar-refractivity contribution is 9.10. The summed E-state index contributed by atoms with van der Waals surface area (Å²) in [7, 11) is 1.69. The third-order valence-corrected chi connectivity index (χ3v) is 7.74. The first-order valence-corrected chi connectivity index (χ1v) is 13.7. The van der Waals surface area contributed by atoms with E-state index in [4.69, 9.17) is 4.74 Å². The maximum atomic E-state index is 13.6. The third kappa shape index (κ3) is 5.72. The number of piperazine rings is 1. The fourth-order valence-electron chi connectivity index (χ4n) is 5.08. The summed E-state index contributed by atoms with van der Waals surface area (Å²) in [6.45, 7) is 4.69. The summed E-state index contributed by atoms with van der Waals surface area (Å²) in [5.74, 6) is 0.876. The number of amides is 3. The number of rotatable bonds is 6. The second-order valence-electron chi connectivity index (χ2n) is 9.44. The van der Waals surface area contributed by atoms with Crippen molar-refractivity contribution in [1.29, 1.82) is 0 Å². The molecule has 0 bridgehead atoms. The van der Waals surface area contributed by atoms with Gasteiger partial charge >= 0.3 is 6.03 Å². The molecule has 0 radical (unpaired) electrons. The molecule has 38 heavy (non-hydrogen) atoms. The lowest BCUT2D eigenvalue weighted by Gasteiger charge is -2.38. The monoisotopic (exact) mass is 577 g/mol. The average molecular weight is 579 g/mol. The van der Waals surface area contributed by atoms with Crippen LogP contribution in [0.1, 0.15) is 23.2 Å². The zero-order valence-electron chi connectivity index (χ0n) is 21.5. The highest BCUT2D eigenvalue weighted by Crippen LogP contribution is 2.32. The normalized spacial score (nSPS) is 15.4. The maximum Gasteiger partial charge on any atom is 0.323 e. The van der Waals surface area contributed by atoms with Gasteiger partial charge in [0.25, 0.3) is 5.91 Å². The van der Waals surface area contributed by atoms with E-state index >= 15 is 0 Å². The van der Waals surface area contributed by atoms with Crippen molar-refractivity contribution in [2.45, 2.75) is 12.8 Å². The molecule has 2 aliphatic heterocycles. The number of para-hydroxylation sites is 3. The number of halogens is 1. The van der Waals surface area contributed by atoms with E-state index in [1.165, 1.54) is 0 Å². The predicted octanol–water partition coefficient (Wildman–Crippen LogP) is 5.66. The van der Waals surface area contributed by atoms with Gasteiger partial charge in [0.1, 0.15) is 5.75 Å². The quantitative estimate of drug-likeness (QED) is 0.395. The molecule has 3 aromatic rings. The first-order valence-electron chi connectivity index (χ1n) is 12.9. The third-order valence-electron chi connectivity index (χ3n) is 7.05. The summed E-state index contributed by atoms with van der Waals surface area (Å²) in [4.78, 5) is 32.8. The van der Waals surface area contributed by atoms with Gasteiger partial charge in [0.15, 0.2) is 0 Å². The van der Waals surface area contributed by atoms with Gasteiger partial charge in [-0.05, 0) is 71.2 Å². The molecule has 0 spiro atoms. The molecule has 2 fully saturated rings. The Bertz CT molecular complexity index is 1300. The highest BCUT2D eigenvalue weighted by Gasteiger charge is 2.27. The minimum atomic E-state index is -0.366. The number of ether oxygens (including phenoxy) is 1. The van der Waals surface area contributed by atoms with Gasteiger partial charge in [-0.2, -0.15) is 0 Å². The number of carbonyl (C=O) groups is 2. The Hall–Kier alpha value is -3.72. The van der Waals surface area contributed by atoms with E-state index in [-0.39, 0.29) is 11.9 Å². The number of urea groups is 1. The Balaban J connectivity index is 1.34. The molecule has 8 nitrogen and oxygen atoms in total. The Morgan fingerprint density at radius 2 is 1.45 bits per heavy atom. The van der Waals surface area contributed by atoms with Gasteiger partial charge < -0.3 is 30.1 Å². The van der Waals surface area contributed by atoms with Gasteiger partial charge in [0, 0.05) is 55.1 Å². The van der Waals surface area contributed by atoms with Gasteiger partial charge in [0.05, 0.1) is 24.0 Å². The fourth-order valence-corrected chi connectivity index (χ4v) is 5.46. The van der Waals surface area contributed by atoms with E-state index < -0.39 is 0 Å². The lowest BCUT2D eigenvalue weighted by Crippen LogP contribution is -2.47. The first-order chi connectivity index (χ1) is 18.5. The Labute approximate surface area is 231 Å². The number of methoxy groups -OCH3 is 1. The minimum absolute atomic E-state index is 0.0134. The van der Waals surface area contributed by atoms with Crippen LogP contribution in [0.4, 0.5) is 27.5 Å². The van der Waals surface area contributed by atoms with Gasteiger partial charge in [-0.25, -0.2) is 4.79 Å². The molecule has 9 heteroatoms. The number of hydrogen-bond donors (Lipinski definition) is 2. The smallest absolute Gasteiger partial charge is 0.323 e. The Kier molecular flexibility index (Phi) is 8.03. The molecule has 0 aliphatic carbocycles. The van der Waals surface area contributed by atoms with Gasteiger partial charge in [0.2, 0.25) is 0 Å². The Morgan fingerprint density at radius 1 is 0.789 bits per heavy atom. The van der Waals surface area contributed by atoms with E-state index in [0.29, 0.717) is 16.9 Å². The fraction of sp³-hybridized carbons (Fsp3) is 0.310. The molecule has 5 rings (SSSR count). The van der Waals surface area contributed by atoms with Crippen LogP contribution in [0.5, 0.6) is 5.75 Å². The number of benzene rings is 3. The van der Waals surface area contributed by atoms with Crippen molar-refractivity contribution in [3.8, 4) is 5.75 Å². The highest BCUT2D eigenvalue weighted by atomic mass is 79.9. The summed E-state index contributed by atoms with van der Waals surface area (Å²) in [6, 6.07) is 20.7. The summed E-state index contributed by atoms with van der Waals surface area (Å²) >= 11 is 3.45. The van der Waals surface area contributed by atoms with Gasteiger partial charge in [-0.15, -0.1) is 0 Å². The number of carbonyl (C=O) groups excluding carboxylic acids is 2. The summed E-state index contributed by atoms with van der Waals surface area (Å²) < 4.78 is 6.35. The second kappa shape index (κ2) is 11.8. The minimum Gasteiger partial charge on any atom is -0.495 e. The number of nitrogens with zero attached hydrogens (tertiary/aromatic N) is 3. The van der Waals surface area contributed by atoms with Crippen molar-refractivity contribution in [2.75, 3.05) is 66.8 Å². The summed E-state index contributed by atoms with van der Waals surface area (Å²) in [6.07, 6.45) is 2.04. The molecule has 0 saturated carbocycles. The van der Waals surface area contributed by atoms with Gasteiger partial charge in [-0.3, -0.25) is 4.79 Å². The molecule has 3 amide bonds. The topological polar surface area (TPSA) is 77.1 Å². The second-order valence-corrected chi connectivity index (χ2v) is 10.3. The predicted molar refractivity (Wildman–Crippen MR) is 156 cm³/mol. The average Bonchev–Trinajstić information content (AvgIpc) is 3.49. The molecule has 3 aromatic carbocycles. The molecular weight excluding hydrogens is 546 g/mol. The molecule has 2 heterocycles. The van der Waals surface area contributed by atoms with E-state index in [2.05, 4.69) is 42.4 Å². The molecule has 0 unspecified atom stereocenters. The van der Waals surface area contributed by atoms with Crippen LogP contribution in [0, 0.1) is 0 Å². The van der Waals surface area contributed by atoms with E-state index in [1.54, 1.807) is 7.11 Å². The molecule has 2 N–H and O–H groups in total. The number of nitrogens with one attached hydrogen (secondary N) is 2. The zero-order valence-corrected chi connectivity index (χ0v) is 23.0. The Morgan fingerprint density at radius 3 is 2.16 bits per heavy atom. The zero-order chi connectivity index (χ0) is 26.5. The van der Waals surface area contributed by atoms with Crippen molar-refractivity contribution in [3.63, 3.8) is 0 Å². The van der Waals surface area contributed by atoms with Crippen molar-refractivity contribution in [3.05, 3.63) is 76.8 Å². The molecule has 2 saturated heterocycles. The van der Waals surface area contributed by atoms with E-state index in [1.807, 2.05) is 65.6 Å². The van der Waals surface area contributed by atoms with Crippen LogP contribution in [0.3, 0.4) is 0 Å². The van der Waals surface area contributed by atoms with Crippen molar-refractivity contribution in [2.24, 2.45) is 0 Å². The number of anilines is 4. The van der Waals surface area contributed by atoms with Gasteiger partial charge in [-0.1, -0.05) is 24.3 Å². The largest absolute Gasteiger partial charge is 0.495 e. The lowest BCUT2D eigenvalue weighted by atomic mass is 10.1. The standard InChI is InChI=1S/C29H32BrN5O3/c1-38-27-11-5-4-10-26(27)34-18-16-33(17-19-34)25-13-12-21(20-22(25)28(36)35-14-6-7-15-35)31-29(37)32-24-9-3-2-8-23(24)30/h2-5,8-13,20H,6-7,14-19H2,1H3,(H2,31,32,37). The first kappa shape index (κ1) is 25.9. The number of hydrogen-bond acceptors (Lipinski definition) is 5. The lowest BCUT2D eigenvalue weighted by molar-refractivity contribution is 0.0793. The van der Waals surface area contributed by atoms with Crippen LogP contribution in [-0.4, -0.2) is 63.2 Å². The van der Waals surface area contributed by atoms with Crippen molar-refractivity contribution >= 4 is 50.6 Å². The molecular formula is C29H32BrN5O3. The van der Waals surface area contributed by atoms with Crippen molar-refractivity contribution < 1.29 is 14.3 Å². The van der Waals surface area contributed by atoms with Crippen LogP contribution in [0.2, 0.25) is 0 Å². The molecule has 0 aromatic heterocycles. The maximum absolute atomic E-state index is 13.6. The van der Waals surface area contributed by atoms with Crippen LogP contribution in [0.25, 0.3) is 0 Å². The van der Waals surface area contributed by atoms with Crippen LogP contribution in [0.15, 0.2) is 71.2 Å². The molecule has 198 valence electrons. The van der Waals surface area contributed by atoms with Crippen LogP contribution >= 0.6 is 15.9 Å². The molecule has 2 aliphatic rings. The summed E-state index contributed by atoms with van der Waals surface area (Å²) in [5, 5.41) is 5.74. The van der Waals surface area contributed by atoms with Crippen LogP contribution in [-0.2, 0) is 0 Å². The SMILES string of the molecule is COc1ccccc1N1CCN(c2ccc(NC(=O)Nc3ccccc3Br)cc2C(=O)N2CCCC2)CC1. The van der Waals surface area contributed by atoms with Crippen molar-refractivity contribution in [1.82, 2.24) is 4.90 Å². The number of likely N-dealkylation sites (tertiary alicyclic amines) is 1. The molecule has 0 atom stereocenters. The van der Waals surface area contributed by atoms with E-state index in [0.717, 1.165) is 73.7 Å².